The number of rotatable bonds is 7. The van der Waals surface area contributed by atoms with Crippen LogP contribution in [0.3, 0.4) is 0 Å². The fourth-order valence-corrected chi connectivity index (χ4v) is 3.10. The molecule has 0 saturated carbocycles. The number of pyridine rings is 1. The molecule has 0 atom stereocenters. The largest absolute Gasteiger partial charge is 0.322 e. The average Bonchev–Trinajstić information content (AvgIpc) is 2.73. The number of hydrogen-bond acceptors (Lipinski definition) is 2. The number of hydrogen-bond donors (Lipinski definition) is 1. The molecule has 4 nitrogen and oxygen atoms in total. The van der Waals surface area contributed by atoms with Crippen LogP contribution in [0, 0.1) is 0 Å². The minimum atomic E-state index is -0.153. The summed E-state index contributed by atoms with van der Waals surface area (Å²) in [5.74, 6) is 0. The van der Waals surface area contributed by atoms with E-state index in [9.17, 15) is 4.79 Å². The Morgan fingerprint density at radius 2 is 1.79 bits per heavy atom. The molecule has 144 valence electrons. The summed E-state index contributed by atoms with van der Waals surface area (Å²) in [7, 11) is 0. The summed E-state index contributed by atoms with van der Waals surface area (Å²) in [6.45, 7) is 3.09. The standard InChI is InChI=1S/C23H24ClN3O/c1-2-18-10-12-21(13-11-18)26-23(28)27(16-14-20-8-5-6-15-25-20)17-19-7-3-4-9-22(19)24/h3-13,15H,2,14,16-17H2,1H3,(H,26,28). The molecule has 5 heteroatoms. The number of anilines is 1. The lowest BCUT2D eigenvalue weighted by Gasteiger charge is -2.24. The topological polar surface area (TPSA) is 45.2 Å². The molecule has 0 saturated heterocycles. The number of aryl methyl sites for hydroxylation is 1. The molecule has 0 radical (unpaired) electrons. The zero-order chi connectivity index (χ0) is 19.8. The van der Waals surface area contributed by atoms with E-state index in [-0.39, 0.29) is 6.03 Å². The van der Waals surface area contributed by atoms with Gasteiger partial charge in [-0.1, -0.05) is 54.9 Å². The number of benzene rings is 2. The van der Waals surface area contributed by atoms with Gasteiger partial charge >= 0.3 is 6.03 Å². The second kappa shape index (κ2) is 9.90. The van der Waals surface area contributed by atoms with Crippen molar-refractivity contribution in [3.63, 3.8) is 0 Å². The summed E-state index contributed by atoms with van der Waals surface area (Å²) in [4.78, 5) is 19.1. The predicted molar refractivity (Wildman–Crippen MR) is 115 cm³/mol. The van der Waals surface area contributed by atoms with Gasteiger partial charge in [-0.25, -0.2) is 4.79 Å². The van der Waals surface area contributed by atoms with Crippen molar-refractivity contribution >= 4 is 23.3 Å². The van der Waals surface area contributed by atoms with Crippen molar-refractivity contribution in [2.45, 2.75) is 26.3 Å². The van der Waals surface area contributed by atoms with Gasteiger partial charge < -0.3 is 10.2 Å². The maximum Gasteiger partial charge on any atom is 0.322 e. The van der Waals surface area contributed by atoms with E-state index in [1.807, 2.05) is 66.7 Å². The summed E-state index contributed by atoms with van der Waals surface area (Å²) in [5.41, 5.74) is 3.89. The van der Waals surface area contributed by atoms with Crippen molar-refractivity contribution in [1.29, 1.82) is 0 Å². The van der Waals surface area contributed by atoms with Crippen LogP contribution in [0.2, 0.25) is 5.02 Å². The maximum atomic E-state index is 13.0. The first-order valence-electron chi connectivity index (χ1n) is 9.44. The van der Waals surface area contributed by atoms with E-state index >= 15 is 0 Å². The lowest BCUT2D eigenvalue weighted by molar-refractivity contribution is 0.209. The molecule has 2 amide bonds. The highest BCUT2D eigenvalue weighted by atomic mass is 35.5. The van der Waals surface area contributed by atoms with Crippen LogP contribution >= 0.6 is 11.6 Å². The quantitative estimate of drug-likeness (QED) is 0.570. The first-order valence-corrected chi connectivity index (χ1v) is 9.81. The Morgan fingerprint density at radius 1 is 1.04 bits per heavy atom. The van der Waals surface area contributed by atoms with Crippen LogP contribution in [0.25, 0.3) is 0 Å². The van der Waals surface area contributed by atoms with Gasteiger partial charge in [-0.05, 0) is 47.9 Å². The highest BCUT2D eigenvalue weighted by molar-refractivity contribution is 6.31. The van der Waals surface area contributed by atoms with Crippen LogP contribution in [-0.4, -0.2) is 22.5 Å². The number of urea groups is 1. The summed E-state index contributed by atoms with van der Waals surface area (Å²) >= 11 is 6.31. The van der Waals surface area contributed by atoms with E-state index in [2.05, 4.69) is 17.2 Å². The fraction of sp³-hybridized carbons (Fsp3) is 0.217. The van der Waals surface area contributed by atoms with E-state index in [0.29, 0.717) is 24.5 Å². The zero-order valence-corrected chi connectivity index (χ0v) is 16.7. The van der Waals surface area contributed by atoms with E-state index in [4.69, 9.17) is 11.6 Å². The van der Waals surface area contributed by atoms with Crippen LogP contribution in [-0.2, 0) is 19.4 Å². The maximum absolute atomic E-state index is 13.0. The van der Waals surface area contributed by atoms with Crippen molar-refractivity contribution < 1.29 is 4.79 Å². The van der Waals surface area contributed by atoms with Gasteiger partial charge in [0.2, 0.25) is 0 Å². The summed E-state index contributed by atoms with van der Waals surface area (Å²) in [6.07, 6.45) is 3.41. The molecule has 3 rings (SSSR count). The molecule has 0 aliphatic rings. The molecule has 3 aromatic rings. The van der Waals surface area contributed by atoms with Crippen molar-refractivity contribution in [1.82, 2.24) is 9.88 Å². The molecule has 2 aromatic carbocycles. The summed E-state index contributed by atoms with van der Waals surface area (Å²) < 4.78 is 0. The van der Waals surface area contributed by atoms with E-state index in [0.717, 1.165) is 23.4 Å². The van der Waals surface area contributed by atoms with E-state index < -0.39 is 0 Å². The predicted octanol–water partition coefficient (Wildman–Crippen LogP) is 5.57. The molecular weight excluding hydrogens is 370 g/mol. The third-order valence-corrected chi connectivity index (χ3v) is 4.95. The lowest BCUT2D eigenvalue weighted by Crippen LogP contribution is -2.36. The number of halogens is 1. The smallest absolute Gasteiger partial charge is 0.320 e. The fourth-order valence-electron chi connectivity index (χ4n) is 2.91. The van der Waals surface area contributed by atoms with Crippen LogP contribution in [0.5, 0.6) is 0 Å². The number of amides is 2. The molecule has 1 N–H and O–H groups in total. The highest BCUT2D eigenvalue weighted by Crippen LogP contribution is 2.18. The number of aromatic nitrogens is 1. The molecule has 0 aliphatic carbocycles. The van der Waals surface area contributed by atoms with Crippen LogP contribution in [0.4, 0.5) is 10.5 Å². The average molecular weight is 394 g/mol. The summed E-state index contributed by atoms with van der Waals surface area (Å²) in [5, 5.41) is 3.65. The molecule has 0 bridgehead atoms. The second-order valence-electron chi connectivity index (χ2n) is 6.56. The van der Waals surface area contributed by atoms with Crippen LogP contribution < -0.4 is 5.32 Å². The lowest BCUT2D eigenvalue weighted by atomic mass is 10.1. The Labute approximate surface area is 171 Å². The van der Waals surface area contributed by atoms with Crippen LogP contribution in [0.15, 0.2) is 72.9 Å². The molecule has 0 aliphatic heterocycles. The molecule has 1 heterocycles. The monoisotopic (exact) mass is 393 g/mol. The van der Waals surface area contributed by atoms with Crippen molar-refractivity contribution in [2.24, 2.45) is 0 Å². The van der Waals surface area contributed by atoms with Gasteiger partial charge in [0.15, 0.2) is 0 Å². The van der Waals surface area contributed by atoms with Gasteiger partial charge in [0, 0.05) is 42.1 Å². The first-order chi connectivity index (χ1) is 13.7. The van der Waals surface area contributed by atoms with Gasteiger partial charge in [-0.3, -0.25) is 4.98 Å². The third-order valence-electron chi connectivity index (χ3n) is 4.58. The van der Waals surface area contributed by atoms with Gasteiger partial charge in [0.25, 0.3) is 0 Å². The third kappa shape index (κ3) is 5.57. The Morgan fingerprint density at radius 3 is 2.46 bits per heavy atom. The van der Waals surface area contributed by atoms with Crippen molar-refractivity contribution in [3.8, 4) is 0 Å². The molecule has 0 fully saturated rings. The Hall–Kier alpha value is -2.85. The molecule has 1 aromatic heterocycles. The van der Waals surface area contributed by atoms with Crippen molar-refractivity contribution in [3.05, 3.63) is 94.8 Å². The van der Waals surface area contributed by atoms with Gasteiger partial charge in [0.1, 0.15) is 0 Å². The van der Waals surface area contributed by atoms with Gasteiger partial charge in [0.05, 0.1) is 0 Å². The van der Waals surface area contributed by atoms with Gasteiger partial charge in [-0.15, -0.1) is 0 Å². The molecule has 0 spiro atoms. The Balaban J connectivity index is 1.73. The number of nitrogens with zero attached hydrogens (tertiary/aromatic N) is 2. The molecular formula is C23H24ClN3O. The molecule has 0 unspecified atom stereocenters. The summed E-state index contributed by atoms with van der Waals surface area (Å²) in [6, 6.07) is 21.2. The molecule has 28 heavy (non-hydrogen) atoms. The van der Waals surface area contributed by atoms with Gasteiger partial charge in [-0.2, -0.15) is 0 Å². The minimum Gasteiger partial charge on any atom is -0.320 e. The van der Waals surface area contributed by atoms with Crippen LogP contribution in [0.1, 0.15) is 23.7 Å². The van der Waals surface area contributed by atoms with E-state index in [1.54, 1.807) is 11.1 Å². The minimum absolute atomic E-state index is 0.153. The number of nitrogens with one attached hydrogen (secondary N) is 1. The number of carbonyl (C=O) groups excluding carboxylic acids is 1. The van der Waals surface area contributed by atoms with Crippen molar-refractivity contribution in [2.75, 3.05) is 11.9 Å². The number of carbonyl (C=O) groups is 1. The first kappa shape index (κ1) is 19.9. The normalized spacial score (nSPS) is 10.5. The Kier molecular flexibility index (Phi) is 7.04. The highest BCUT2D eigenvalue weighted by Gasteiger charge is 2.16. The second-order valence-corrected chi connectivity index (χ2v) is 6.97. The Bertz CT molecular complexity index is 897. The zero-order valence-electron chi connectivity index (χ0n) is 15.9. The van der Waals surface area contributed by atoms with E-state index in [1.165, 1.54) is 5.56 Å². The SMILES string of the molecule is CCc1ccc(NC(=O)N(CCc2ccccn2)Cc2ccccc2Cl)cc1.